The van der Waals surface area contributed by atoms with Gasteiger partial charge in [-0.1, -0.05) is 17.7 Å². The number of nitrogens with one attached hydrogen (secondary N) is 1. The predicted octanol–water partition coefficient (Wildman–Crippen LogP) is 5.02. The summed E-state index contributed by atoms with van der Waals surface area (Å²) >= 11 is 9.26. The molecule has 24 heavy (non-hydrogen) atoms. The molecule has 0 bridgehead atoms. The van der Waals surface area contributed by atoms with Crippen LogP contribution < -0.4 is 10.1 Å². The van der Waals surface area contributed by atoms with Crippen LogP contribution in [-0.2, 0) is 11.2 Å². The number of aromatic nitrogens is 1. The molecule has 0 unspecified atom stereocenters. The van der Waals surface area contributed by atoms with Crippen LogP contribution in [0.5, 0.6) is 5.75 Å². The molecule has 1 N–H and O–H groups in total. The third-order valence-electron chi connectivity index (χ3n) is 3.32. The summed E-state index contributed by atoms with van der Waals surface area (Å²) in [7, 11) is 1.55. The number of carbonyl (C=O) groups excluding carboxylic acids is 1. The second-order valence-electron chi connectivity index (χ2n) is 5.06. The lowest BCUT2D eigenvalue weighted by atomic mass is 10.2. The van der Waals surface area contributed by atoms with Gasteiger partial charge in [0.25, 0.3) is 0 Å². The third kappa shape index (κ3) is 3.77. The van der Waals surface area contributed by atoms with Crippen molar-refractivity contribution in [2.24, 2.45) is 0 Å². The van der Waals surface area contributed by atoms with Crippen LogP contribution in [0.25, 0.3) is 10.6 Å². The van der Waals surface area contributed by atoms with E-state index in [1.54, 1.807) is 48.0 Å². The number of ether oxygens (including phenoxy) is 1. The summed E-state index contributed by atoms with van der Waals surface area (Å²) in [6.07, 6.45) is 0.280. The highest BCUT2D eigenvalue weighted by Crippen LogP contribution is 2.32. The molecule has 0 aliphatic heterocycles. The van der Waals surface area contributed by atoms with E-state index in [1.807, 2.05) is 24.4 Å². The number of carbonyl (C=O) groups is 1. The standard InChI is InChI=1S/C17H15ClN2O2S2/c1-10-19-17(14-4-3-7-23-14)15(24-10)9-16(21)20-11-5-6-13(22-2)12(18)8-11/h3-8H,9H2,1-2H3,(H,20,21). The fraction of sp³-hybridized carbons (Fsp3) is 0.176. The number of halogens is 1. The molecule has 4 nitrogen and oxygen atoms in total. The fourth-order valence-corrected chi connectivity index (χ4v) is 4.30. The van der Waals surface area contributed by atoms with E-state index >= 15 is 0 Å². The Morgan fingerprint density at radius 2 is 2.21 bits per heavy atom. The Morgan fingerprint density at radius 1 is 1.38 bits per heavy atom. The molecule has 124 valence electrons. The molecule has 7 heteroatoms. The van der Waals surface area contributed by atoms with Crippen molar-refractivity contribution in [1.82, 2.24) is 4.98 Å². The minimum Gasteiger partial charge on any atom is -0.495 e. The topological polar surface area (TPSA) is 51.2 Å². The lowest BCUT2D eigenvalue weighted by Gasteiger charge is -2.08. The van der Waals surface area contributed by atoms with Gasteiger partial charge in [0, 0.05) is 10.6 Å². The first kappa shape index (κ1) is 17.0. The molecular formula is C17H15ClN2O2S2. The zero-order valence-corrected chi connectivity index (χ0v) is 15.5. The maximum Gasteiger partial charge on any atom is 0.229 e. The van der Waals surface area contributed by atoms with Crippen molar-refractivity contribution in [3.8, 4) is 16.3 Å². The lowest BCUT2D eigenvalue weighted by molar-refractivity contribution is -0.115. The molecule has 2 heterocycles. The Balaban J connectivity index is 1.75. The quantitative estimate of drug-likeness (QED) is 0.677. The van der Waals surface area contributed by atoms with Crippen LogP contribution >= 0.6 is 34.3 Å². The van der Waals surface area contributed by atoms with Crippen LogP contribution in [0.2, 0.25) is 5.02 Å². The van der Waals surface area contributed by atoms with Gasteiger partial charge in [0.2, 0.25) is 5.91 Å². The van der Waals surface area contributed by atoms with Crippen LogP contribution in [-0.4, -0.2) is 18.0 Å². The van der Waals surface area contributed by atoms with E-state index in [0.717, 1.165) is 20.5 Å². The predicted molar refractivity (Wildman–Crippen MR) is 101 cm³/mol. The highest BCUT2D eigenvalue weighted by molar-refractivity contribution is 7.15. The Morgan fingerprint density at radius 3 is 2.88 bits per heavy atom. The minimum absolute atomic E-state index is 0.0994. The van der Waals surface area contributed by atoms with Gasteiger partial charge >= 0.3 is 0 Å². The van der Waals surface area contributed by atoms with Crippen molar-refractivity contribution in [3.63, 3.8) is 0 Å². The first-order valence-electron chi connectivity index (χ1n) is 7.20. The number of amides is 1. The number of thiophene rings is 1. The third-order valence-corrected chi connectivity index (χ3v) is 5.46. The maximum atomic E-state index is 12.4. The average molecular weight is 379 g/mol. The van der Waals surface area contributed by atoms with Gasteiger partial charge in [-0.05, 0) is 36.6 Å². The summed E-state index contributed by atoms with van der Waals surface area (Å²) in [5, 5.41) is 6.29. The Bertz CT molecular complexity index is 860. The van der Waals surface area contributed by atoms with E-state index in [4.69, 9.17) is 16.3 Å². The number of benzene rings is 1. The van der Waals surface area contributed by atoms with E-state index in [2.05, 4.69) is 10.3 Å². The van der Waals surface area contributed by atoms with E-state index < -0.39 is 0 Å². The van der Waals surface area contributed by atoms with Crippen molar-refractivity contribution in [3.05, 3.63) is 50.6 Å². The van der Waals surface area contributed by atoms with Gasteiger partial charge in [0.05, 0.1) is 34.1 Å². The van der Waals surface area contributed by atoms with Gasteiger partial charge in [-0.3, -0.25) is 4.79 Å². The molecule has 1 amide bonds. The highest BCUT2D eigenvalue weighted by Gasteiger charge is 2.16. The monoisotopic (exact) mass is 378 g/mol. The van der Waals surface area contributed by atoms with Crippen LogP contribution in [0.3, 0.4) is 0 Å². The lowest BCUT2D eigenvalue weighted by Crippen LogP contribution is -2.14. The van der Waals surface area contributed by atoms with E-state index in [-0.39, 0.29) is 12.3 Å². The normalized spacial score (nSPS) is 10.6. The second-order valence-corrected chi connectivity index (χ2v) is 7.70. The number of nitrogens with zero attached hydrogens (tertiary/aromatic N) is 1. The molecule has 0 radical (unpaired) electrons. The van der Waals surface area contributed by atoms with Crippen LogP contribution in [0.1, 0.15) is 9.88 Å². The van der Waals surface area contributed by atoms with Crippen molar-refractivity contribution < 1.29 is 9.53 Å². The molecule has 0 spiro atoms. The van der Waals surface area contributed by atoms with Crippen molar-refractivity contribution in [2.45, 2.75) is 13.3 Å². The van der Waals surface area contributed by atoms with Crippen molar-refractivity contribution in [2.75, 3.05) is 12.4 Å². The molecule has 0 aliphatic carbocycles. The number of thiazole rings is 1. The molecule has 3 rings (SSSR count). The summed E-state index contributed by atoms with van der Waals surface area (Å²) in [6, 6.07) is 9.17. The number of aryl methyl sites for hydroxylation is 1. The van der Waals surface area contributed by atoms with Crippen LogP contribution in [0, 0.1) is 6.92 Å². The fourth-order valence-electron chi connectivity index (χ4n) is 2.29. The van der Waals surface area contributed by atoms with E-state index in [1.165, 1.54) is 0 Å². The zero-order chi connectivity index (χ0) is 17.1. The molecule has 2 aromatic heterocycles. The number of rotatable bonds is 5. The highest BCUT2D eigenvalue weighted by atomic mass is 35.5. The van der Waals surface area contributed by atoms with Gasteiger partial charge in [-0.2, -0.15) is 0 Å². The molecule has 0 aliphatic rings. The molecule has 0 saturated heterocycles. The molecule has 3 aromatic rings. The first-order valence-corrected chi connectivity index (χ1v) is 9.28. The summed E-state index contributed by atoms with van der Waals surface area (Å²) in [5.74, 6) is 0.477. The Labute approximate surface area is 153 Å². The van der Waals surface area contributed by atoms with Crippen LogP contribution in [0.4, 0.5) is 5.69 Å². The number of anilines is 1. The van der Waals surface area contributed by atoms with Gasteiger partial charge in [0.1, 0.15) is 5.75 Å². The summed E-state index contributed by atoms with van der Waals surface area (Å²) in [4.78, 5) is 19.0. The largest absolute Gasteiger partial charge is 0.495 e. The molecule has 0 atom stereocenters. The Hall–Kier alpha value is -1.89. The van der Waals surface area contributed by atoms with Crippen molar-refractivity contribution >= 4 is 45.9 Å². The summed E-state index contributed by atoms with van der Waals surface area (Å²) in [6.45, 7) is 1.95. The van der Waals surface area contributed by atoms with E-state index in [0.29, 0.717) is 16.5 Å². The summed E-state index contributed by atoms with van der Waals surface area (Å²) in [5.41, 5.74) is 1.54. The average Bonchev–Trinajstić information content (AvgIpc) is 3.17. The van der Waals surface area contributed by atoms with Gasteiger partial charge < -0.3 is 10.1 Å². The Kier molecular flexibility index (Phi) is 5.18. The molecular weight excluding hydrogens is 364 g/mol. The van der Waals surface area contributed by atoms with E-state index in [9.17, 15) is 4.79 Å². The zero-order valence-electron chi connectivity index (χ0n) is 13.1. The van der Waals surface area contributed by atoms with Gasteiger partial charge in [-0.25, -0.2) is 4.98 Å². The number of methoxy groups -OCH3 is 1. The molecule has 1 aromatic carbocycles. The van der Waals surface area contributed by atoms with Crippen LogP contribution in [0.15, 0.2) is 35.7 Å². The number of hydrogen-bond donors (Lipinski definition) is 1. The smallest absolute Gasteiger partial charge is 0.229 e. The van der Waals surface area contributed by atoms with Gasteiger partial charge in [0.15, 0.2) is 0 Å². The molecule has 0 saturated carbocycles. The summed E-state index contributed by atoms with van der Waals surface area (Å²) < 4.78 is 5.11. The first-order chi connectivity index (χ1) is 11.6. The maximum absolute atomic E-state index is 12.4. The second kappa shape index (κ2) is 7.34. The molecule has 0 fully saturated rings. The minimum atomic E-state index is -0.0994. The SMILES string of the molecule is COc1ccc(NC(=O)Cc2sc(C)nc2-c2cccs2)cc1Cl. The van der Waals surface area contributed by atoms with Gasteiger partial charge in [-0.15, -0.1) is 22.7 Å². The van der Waals surface area contributed by atoms with Crippen molar-refractivity contribution in [1.29, 1.82) is 0 Å². The number of hydrogen-bond acceptors (Lipinski definition) is 5.